The van der Waals surface area contributed by atoms with E-state index in [-0.39, 0.29) is 0 Å². The Bertz CT molecular complexity index is 564. The highest BCUT2D eigenvalue weighted by Crippen LogP contribution is 2.67. The van der Waals surface area contributed by atoms with Gasteiger partial charge in [-0.15, -0.1) is 0 Å². The zero-order valence-electron chi connectivity index (χ0n) is 15.7. The average Bonchev–Trinajstić information content (AvgIpc) is 2.92. The molecular weight excluding hydrogens is 296 g/mol. The molecule has 4 aliphatic carbocycles. The van der Waals surface area contributed by atoms with E-state index in [1.807, 2.05) is 6.08 Å². The van der Waals surface area contributed by atoms with Gasteiger partial charge in [0.25, 0.3) is 0 Å². The van der Waals surface area contributed by atoms with Crippen LogP contribution in [0.4, 0.5) is 0 Å². The van der Waals surface area contributed by atoms with Crippen LogP contribution in [0.25, 0.3) is 0 Å². The molecule has 0 saturated heterocycles. The van der Waals surface area contributed by atoms with E-state index in [2.05, 4.69) is 20.8 Å². The van der Waals surface area contributed by atoms with Crippen molar-refractivity contribution in [2.24, 2.45) is 40.4 Å². The third-order valence-electron chi connectivity index (χ3n) is 9.01. The predicted octanol–water partition coefficient (Wildman–Crippen LogP) is 4.76. The second-order valence-electron chi connectivity index (χ2n) is 9.86. The molecule has 2 heteroatoms. The highest BCUT2D eigenvalue weighted by molar-refractivity contribution is 5.91. The molecule has 0 aliphatic heterocycles. The summed E-state index contributed by atoms with van der Waals surface area (Å²) >= 11 is 0. The molecule has 0 spiro atoms. The van der Waals surface area contributed by atoms with Gasteiger partial charge in [0, 0.05) is 13.0 Å². The highest BCUT2D eigenvalue weighted by atomic mass is 16.3. The minimum absolute atomic E-state index is 0.291. The summed E-state index contributed by atoms with van der Waals surface area (Å²) in [6.45, 7) is 7.59. The van der Waals surface area contributed by atoms with Gasteiger partial charge < -0.3 is 5.11 Å². The Balaban J connectivity index is 1.63. The number of allylic oxidation sites excluding steroid dienone is 1. The Labute approximate surface area is 147 Å². The number of carbonyl (C=O) groups is 1. The van der Waals surface area contributed by atoms with E-state index in [9.17, 15) is 9.90 Å². The van der Waals surface area contributed by atoms with Crippen LogP contribution in [-0.2, 0) is 4.79 Å². The second-order valence-corrected chi connectivity index (χ2v) is 9.86. The fourth-order valence-electron chi connectivity index (χ4n) is 7.66. The van der Waals surface area contributed by atoms with Gasteiger partial charge in [-0.05, 0) is 91.4 Å². The van der Waals surface area contributed by atoms with E-state index in [0.29, 0.717) is 35.1 Å². The largest absolute Gasteiger partial charge is 0.396 e. The van der Waals surface area contributed by atoms with Gasteiger partial charge in [0.2, 0.25) is 0 Å². The van der Waals surface area contributed by atoms with Gasteiger partial charge in [-0.1, -0.05) is 26.3 Å². The van der Waals surface area contributed by atoms with Gasteiger partial charge in [0.05, 0.1) is 0 Å². The number of aliphatic hydroxyl groups is 1. The molecule has 0 amide bonds. The van der Waals surface area contributed by atoms with Crippen molar-refractivity contribution in [1.82, 2.24) is 0 Å². The van der Waals surface area contributed by atoms with Crippen LogP contribution in [0.15, 0.2) is 11.6 Å². The first-order valence-electron chi connectivity index (χ1n) is 10.2. The van der Waals surface area contributed by atoms with Crippen molar-refractivity contribution in [2.45, 2.75) is 72.1 Å². The van der Waals surface area contributed by atoms with Crippen LogP contribution in [0, 0.1) is 40.4 Å². The first kappa shape index (κ1) is 16.8. The summed E-state index contributed by atoms with van der Waals surface area (Å²) in [6.07, 6.45) is 11.6. The number of rotatable bonds is 2. The minimum Gasteiger partial charge on any atom is -0.396 e. The zero-order chi connectivity index (χ0) is 17.1. The van der Waals surface area contributed by atoms with Crippen molar-refractivity contribution in [2.75, 3.05) is 6.61 Å². The molecule has 4 rings (SSSR count). The molecule has 1 N–H and O–H groups in total. The monoisotopic (exact) mass is 330 g/mol. The fraction of sp³-hybridized carbons (Fsp3) is 0.864. The quantitative estimate of drug-likeness (QED) is 0.792. The number of ketones is 1. The van der Waals surface area contributed by atoms with Crippen molar-refractivity contribution in [1.29, 1.82) is 0 Å². The van der Waals surface area contributed by atoms with Crippen LogP contribution in [0.5, 0.6) is 0 Å². The minimum atomic E-state index is 0.291. The van der Waals surface area contributed by atoms with E-state index in [0.717, 1.165) is 37.0 Å². The summed E-state index contributed by atoms with van der Waals surface area (Å²) in [4.78, 5) is 11.9. The van der Waals surface area contributed by atoms with Crippen molar-refractivity contribution in [3.05, 3.63) is 11.6 Å². The molecule has 0 aromatic rings. The lowest BCUT2D eigenvalue weighted by molar-refractivity contribution is -0.117. The van der Waals surface area contributed by atoms with E-state index >= 15 is 0 Å². The summed E-state index contributed by atoms with van der Waals surface area (Å²) in [6, 6.07) is 0. The van der Waals surface area contributed by atoms with Gasteiger partial charge in [-0.25, -0.2) is 0 Å². The predicted molar refractivity (Wildman–Crippen MR) is 96.4 cm³/mol. The van der Waals surface area contributed by atoms with Crippen LogP contribution in [-0.4, -0.2) is 17.5 Å². The van der Waals surface area contributed by atoms with Gasteiger partial charge in [-0.2, -0.15) is 0 Å². The molecule has 24 heavy (non-hydrogen) atoms. The molecule has 134 valence electrons. The third kappa shape index (κ3) is 2.21. The summed E-state index contributed by atoms with van der Waals surface area (Å²) in [7, 11) is 0. The Morgan fingerprint density at radius 1 is 1.12 bits per heavy atom. The van der Waals surface area contributed by atoms with Crippen molar-refractivity contribution in [3.8, 4) is 0 Å². The summed E-state index contributed by atoms with van der Waals surface area (Å²) in [5.74, 6) is 3.97. The van der Waals surface area contributed by atoms with E-state index in [1.165, 1.54) is 37.7 Å². The molecule has 0 heterocycles. The van der Waals surface area contributed by atoms with Crippen LogP contribution in [0.2, 0.25) is 0 Å². The molecule has 4 aliphatic rings. The molecule has 0 aromatic carbocycles. The van der Waals surface area contributed by atoms with Gasteiger partial charge in [0.1, 0.15) is 0 Å². The summed E-state index contributed by atoms with van der Waals surface area (Å²) in [5, 5.41) is 9.71. The number of aliphatic hydroxyl groups excluding tert-OH is 1. The Morgan fingerprint density at radius 2 is 1.92 bits per heavy atom. The van der Waals surface area contributed by atoms with Crippen LogP contribution in [0.1, 0.15) is 72.1 Å². The van der Waals surface area contributed by atoms with Gasteiger partial charge in [-0.3, -0.25) is 4.79 Å². The Morgan fingerprint density at radius 3 is 2.67 bits per heavy atom. The number of carbonyl (C=O) groups excluding carboxylic acids is 1. The molecule has 0 radical (unpaired) electrons. The maximum absolute atomic E-state index is 11.9. The Kier molecular flexibility index (Phi) is 3.99. The lowest BCUT2D eigenvalue weighted by Gasteiger charge is -2.58. The summed E-state index contributed by atoms with van der Waals surface area (Å²) < 4.78 is 0. The molecule has 0 bridgehead atoms. The highest BCUT2D eigenvalue weighted by Gasteiger charge is 2.59. The van der Waals surface area contributed by atoms with Crippen molar-refractivity contribution in [3.63, 3.8) is 0 Å². The standard InChI is InChI=1S/C22H34O2/c1-14(13-23)18-6-7-19-17-5-4-15-12-16(24)8-10-21(15,2)20(17)9-11-22(18,19)3/h12,14,17-20,23H,4-11,13H2,1-3H3/t14-,17+,18-,19+,20?,21+,22-/m1/s1. The second kappa shape index (κ2) is 5.69. The topological polar surface area (TPSA) is 37.3 Å². The molecule has 3 saturated carbocycles. The smallest absolute Gasteiger partial charge is 0.155 e. The van der Waals surface area contributed by atoms with Crippen LogP contribution < -0.4 is 0 Å². The number of hydrogen-bond donors (Lipinski definition) is 1. The molecule has 0 aromatic heterocycles. The average molecular weight is 331 g/mol. The first-order chi connectivity index (χ1) is 11.4. The Hall–Kier alpha value is -0.630. The molecule has 3 fully saturated rings. The third-order valence-corrected chi connectivity index (χ3v) is 9.01. The SMILES string of the molecule is C[C@H](CO)[C@H]1CC[C@H]2[C@@H]3CCC4=CC(=O)CC[C@]4(C)C3CC[C@]12C. The molecule has 1 unspecified atom stereocenters. The molecule has 2 nitrogen and oxygen atoms in total. The van der Waals surface area contributed by atoms with Crippen LogP contribution in [0.3, 0.4) is 0 Å². The normalized spacial score (nSPS) is 49.0. The van der Waals surface area contributed by atoms with Crippen molar-refractivity contribution < 1.29 is 9.90 Å². The van der Waals surface area contributed by atoms with E-state index in [4.69, 9.17) is 0 Å². The number of fused-ring (bicyclic) bond motifs is 5. The van der Waals surface area contributed by atoms with Gasteiger partial charge in [0.15, 0.2) is 5.78 Å². The van der Waals surface area contributed by atoms with E-state index < -0.39 is 0 Å². The first-order valence-corrected chi connectivity index (χ1v) is 10.2. The molecular formula is C22H34O2. The van der Waals surface area contributed by atoms with E-state index in [1.54, 1.807) is 0 Å². The maximum atomic E-state index is 11.9. The van der Waals surface area contributed by atoms with Crippen molar-refractivity contribution >= 4 is 5.78 Å². The van der Waals surface area contributed by atoms with Gasteiger partial charge >= 0.3 is 0 Å². The zero-order valence-corrected chi connectivity index (χ0v) is 15.7. The lowest BCUT2D eigenvalue weighted by Crippen LogP contribution is -2.51. The van der Waals surface area contributed by atoms with Crippen LogP contribution >= 0.6 is 0 Å². The lowest BCUT2D eigenvalue weighted by atomic mass is 9.46. The fourth-order valence-corrected chi connectivity index (χ4v) is 7.66. The molecule has 7 atom stereocenters. The number of hydrogen-bond acceptors (Lipinski definition) is 2. The summed E-state index contributed by atoms with van der Waals surface area (Å²) in [5.41, 5.74) is 2.20. The maximum Gasteiger partial charge on any atom is 0.155 e.